The van der Waals surface area contributed by atoms with Gasteiger partial charge in [0.05, 0.1) is 24.1 Å². The van der Waals surface area contributed by atoms with Gasteiger partial charge in [-0.1, -0.05) is 11.2 Å². The van der Waals surface area contributed by atoms with Crippen molar-refractivity contribution in [3.8, 4) is 0 Å². The fraction of sp³-hybridized carbons (Fsp3) is 0.222. The van der Waals surface area contributed by atoms with Crippen LogP contribution in [-0.4, -0.2) is 18.0 Å². The molecule has 0 unspecified atom stereocenters. The van der Waals surface area contributed by atoms with Crippen molar-refractivity contribution in [1.82, 2.24) is 0 Å². The summed E-state index contributed by atoms with van der Waals surface area (Å²) < 4.78 is 4.45. The van der Waals surface area contributed by atoms with Gasteiger partial charge in [-0.15, -0.1) is 0 Å². The third kappa shape index (κ3) is 2.93. The van der Waals surface area contributed by atoms with Gasteiger partial charge in [-0.2, -0.15) is 0 Å². The average Bonchev–Trinajstić information content (AvgIpc) is 2.35. The number of nitro groups is 1. The second kappa shape index (κ2) is 5.47. The van der Waals surface area contributed by atoms with Crippen LogP contribution in [0.3, 0.4) is 0 Å². The van der Waals surface area contributed by atoms with Gasteiger partial charge in [-0.25, -0.2) is 4.79 Å². The van der Waals surface area contributed by atoms with E-state index in [4.69, 9.17) is 5.53 Å². The molecule has 0 aliphatic rings. The fourth-order valence-corrected chi connectivity index (χ4v) is 1.22. The molecule has 0 saturated carbocycles. The number of ether oxygens (including phenoxy) is 1. The topological polar surface area (TPSA) is 118 Å². The summed E-state index contributed by atoms with van der Waals surface area (Å²) >= 11 is 0. The highest BCUT2D eigenvalue weighted by atomic mass is 16.6. The molecule has 1 aromatic rings. The second-order valence-electron chi connectivity index (χ2n) is 2.98. The maximum absolute atomic E-state index is 11.2. The van der Waals surface area contributed by atoms with E-state index in [0.29, 0.717) is 0 Å². The Morgan fingerprint density at radius 3 is 2.88 bits per heavy atom. The molecule has 1 rings (SSSR count). The number of methoxy groups -OCH3 is 1. The highest BCUT2D eigenvalue weighted by molar-refractivity contribution is 5.90. The third-order valence-electron chi connectivity index (χ3n) is 2.01. The van der Waals surface area contributed by atoms with E-state index in [2.05, 4.69) is 14.8 Å². The van der Waals surface area contributed by atoms with Gasteiger partial charge < -0.3 is 4.74 Å². The summed E-state index contributed by atoms with van der Waals surface area (Å²) in [5.41, 5.74) is 8.18. The molecule has 0 atom stereocenters. The van der Waals surface area contributed by atoms with Gasteiger partial charge in [0.2, 0.25) is 0 Å². The van der Waals surface area contributed by atoms with E-state index in [1.54, 1.807) is 0 Å². The Hall–Kier alpha value is -2.60. The zero-order valence-electron chi connectivity index (χ0n) is 8.86. The summed E-state index contributed by atoms with van der Waals surface area (Å²) in [5, 5.41) is 14.0. The third-order valence-corrected chi connectivity index (χ3v) is 2.01. The molecule has 0 heterocycles. The number of benzene rings is 1. The molecule has 17 heavy (non-hydrogen) atoms. The summed E-state index contributed by atoms with van der Waals surface area (Å²) in [7, 11) is 1.18. The van der Waals surface area contributed by atoms with Gasteiger partial charge in [0.1, 0.15) is 0 Å². The summed E-state index contributed by atoms with van der Waals surface area (Å²) in [6, 6.07) is 3.83. The first-order valence-electron chi connectivity index (χ1n) is 4.46. The van der Waals surface area contributed by atoms with Gasteiger partial charge in [0, 0.05) is 16.5 Å². The zero-order valence-corrected chi connectivity index (χ0v) is 8.86. The lowest BCUT2D eigenvalue weighted by atomic mass is 10.1. The lowest BCUT2D eigenvalue weighted by molar-refractivity contribution is -0.385. The normalized spacial score (nSPS) is 9.24. The monoisotopic (exact) mass is 236 g/mol. The smallest absolute Gasteiger partial charge is 0.338 e. The van der Waals surface area contributed by atoms with E-state index >= 15 is 0 Å². The summed E-state index contributed by atoms with van der Waals surface area (Å²) in [5.74, 6) is -0.663. The number of carbonyl (C=O) groups is 1. The molecule has 0 amide bonds. The highest BCUT2D eigenvalue weighted by Gasteiger charge is 2.17. The summed E-state index contributed by atoms with van der Waals surface area (Å²) in [6.45, 7) is -0.145. The van der Waals surface area contributed by atoms with Crippen molar-refractivity contribution in [2.45, 2.75) is 6.54 Å². The van der Waals surface area contributed by atoms with Crippen molar-refractivity contribution in [3.63, 3.8) is 0 Å². The molecule has 0 radical (unpaired) electrons. The second-order valence-corrected chi connectivity index (χ2v) is 2.98. The minimum absolute atomic E-state index is 0.0730. The van der Waals surface area contributed by atoms with Crippen molar-refractivity contribution in [1.29, 1.82) is 0 Å². The molecule has 88 valence electrons. The molecule has 0 N–H and O–H groups in total. The Labute approximate surface area is 95.6 Å². The Morgan fingerprint density at radius 1 is 1.65 bits per heavy atom. The van der Waals surface area contributed by atoms with E-state index in [1.807, 2.05) is 0 Å². The van der Waals surface area contributed by atoms with E-state index in [1.165, 1.54) is 19.2 Å². The Morgan fingerprint density at radius 2 is 2.35 bits per heavy atom. The highest BCUT2D eigenvalue weighted by Crippen LogP contribution is 2.21. The van der Waals surface area contributed by atoms with Crippen molar-refractivity contribution >= 4 is 11.7 Å². The maximum Gasteiger partial charge on any atom is 0.338 e. The van der Waals surface area contributed by atoms with Crippen molar-refractivity contribution in [2.75, 3.05) is 7.11 Å². The molecule has 0 bridgehead atoms. The molecule has 8 heteroatoms. The number of hydrogen-bond acceptors (Lipinski definition) is 5. The Balaban J connectivity index is 3.21. The first kappa shape index (κ1) is 12.5. The molecule has 8 nitrogen and oxygen atoms in total. The largest absolute Gasteiger partial charge is 0.465 e. The van der Waals surface area contributed by atoms with Crippen molar-refractivity contribution in [3.05, 3.63) is 49.9 Å². The molecule has 0 saturated heterocycles. The number of rotatable bonds is 4. The van der Waals surface area contributed by atoms with Gasteiger partial charge >= 0.3 is 5.97 Å². The van der Waals surface area contributed by atoms with Crippen LogP contribution in [0.5, 0.6) is 0 Å². The van der Waals surface area contributed by atoms with Gasteiger partial charge in [0.15, 0.2) is 0 Å². The van der Waals surface area contributed by atoms with Crippen LogP contribution < -0.4 is 0 Å². The molecule has 0 fully saturated rings. The molecular weight excluding hydrogens is 228 g/mol. The average molecular weight is 236 g/mol. The first-order valence-corrected chi connectivity index (χ1v) is 4.46. The van der Waals surface area contributed by atoms with E-state index in [-0.39, 0.29) is 23.4 Å². The van der Waals surface area contributed by atoms with E-state index in [0.717, 1.165) is 6.07 Å². The van der Waals surface area contributed by atoms with Gasteiger partial charge in [-0.3, -0.25) is 10.1 Å². The predicted octanol–water partition coefficient (Wildman–Crippen LogP) is 2.19. The van der Waals surface area contributed by atoms with Crippen LogP contribution in [0.2, 0.25) is 0 Å². The van der Waals surface area contributed by atoms with Crippen LogP contribution in [-0.2, 0) is 11.3 Å². The Kier molecular flexibility index (Phi) is 4.02. The maximum atomic E-state index is 11.2. The van der Waals surface area contributed by atoms with E-state index < -0.39 is 10.9 Å². The van der Waals surface area contributed by atoms with Crippen LogP contribution in [0.15, 0.2) is 23.3 Å². The predicted molar refractivity (Wildman–Crippen MR) is 57.3 cm³/mol. The number of hydrogen-bond donors (Lipinski definition) is 0. The fourth-order valence-electron chi connectivity index (χ4n) is 1.22. The van der Waals surface area contributed by atoms with Crippen LogP contribution >= 0.6 is 0 Å². The van der Waals surface area contributed by atoms with Crippen LogP contribution in [0.1, 0.15) is 15.9 Å². The molecule has 0 spiro atoms. The van der Waals surface area contributed by atoms with Crippen LogP contribution in [0, 0.1) is 10.1 Å². The number of nitrogens with zero attached hydrogens (tertiary/aromatic N) is 4. The zero-order chi connectivity index (χ0) is 12.8. The number of azide groups is 1. The molecule has 0 aliphatic carbocycles. The quantitative estimate of drug-likeness (QED) is 0.199. The molecule has 0 aliphatic heterocycles. The molecule has 1 aromatic carbocycles. The number of esters is 1. The standard InChI is InChI=1S/C9H8N4O4/c1-17-9(14)6-2-3-7(5-11-12-10)8(4-6)13(15)16/h2-4H,5H2,1H3. The van der Waals surface area contributed by atoms with Crippen molar-refractivity contribution in [2.24, 2.45) is 5.11 Å². The van der Waals surface area contributed by atoms with Crippen LogP contribution in [0.4, 0.5) is 5.69 Å². The number of carbonyl (C=O) groups excluding carboxylic acids is 1. The van der Waals surface area contributed by atoms with Gasteiger partial charge in [-0.05, 0) is 11.6 Å². The number of nitro benzene ring substituents is 1. The summed E-state index contributed by atoms with van der Waals surface area (Å²) in [6.07, 6.45) is 0. The van der Waals surface area contributed by atoms with Crippen LogP contribution in [0.25, 0.3) is 10.4 Å². The Bertz CT molecular complexity index is 508. The van der Waals surface area contributed by atoms with E-state index in [9.17, 15) is 14.9 Å². The summed E-state index contributed by atoms with van der Waals surface area (Å²) in [4.78, 5) is 23.8. The molecular formula is C9H8N4O4. The lowest BCUT2D eigenvalue weighted by Gasteiger charge is -2.02. The minimum atomic E-state index is -0.663. The van der Waals surface area contributed by atoms with Crippen molar-refractivity contribution < 1.29 is 14.5 Å². The van der Waals surface area contributed by atoms with Gasteiger partial charge in [0.25, 0.3) is 5.69 Å². The lowest BCUT2D eigenvalue weighted by Crippen LogP contribution is -2.03. The first-order chi connectivity index (χ1) is 8.10. The molecule has 0 aromatic heterocycles. The minimum Gasteiger partial charge on any atom is -0.465 e. The SMILES string of the molecule is COC(=O)c1ccc(CN=[N+]=[N-])c([N+](=O)[O-])c1.